The lowest BCUT2D eigenvalue weighted by Crippen LogP contribution is -2.30. The van der Waals surface area contributed by atoms with Gasteiger partial charge in [-0.2, -0.15) is 0 Å². The van der Waals surface area contributed by atoms with Crippen LogP contribution in [0.2, 0.25) is 0 Å². The number of methoxy groups -OCH3 is 1. The zero-order chi connectivity index (χ0) is 23.9. The van der Waals surface area contributed by atoms with E-state index in [1.165, 1.54) is 23.3 Å². The van der Waals surface area contributed by atoms with E-state index >= 15 is 0 Å². The number of benzene rings is 1. The largest absolute Gasteiger partial charge is 0.503 e. The van der Waals surface area contributed by atoms with Crippen molar-refractivity contribution in [1.82, 2.24) is 14.9 Å². The number of hydrogen-bond acceptors (Lipinski definition) is 8. The van der Waals surface area contributed by atoms with Gasteiger partial charge in [-0.15, -0.1) is 11.3 Å². The molecule has 10 heteroatoms. The van der Waals surface area contributed by atoms with E-state index in [0.717, 1.165) is 5.56 Å². The van der Waals surface area contributed by atoms with Gasteiger partial charge in [-0.3, -0.25) is 14.6 Å². The maximum Gasteiger partial charge on any atom is 0.290 e. The first kappa shape index (κ1) is 22.9. The van der Waals surface area contributed by atoms with Gasteiger partial charge in [0.1, 0.15) is 0 Å². The number of aromatic hydroxyl groups is 1. The average molecular weight is 530 g/mol. The maximum atomic E-state index is 13.6. The van der Waals surface area contributed by atoms with Gasteiger partial charge in [-0.05, 0) is 59.1 Å². The van der Waals surface area contributed by atoms with Crippen LogP contribution in [0.3, 0.4) is 0 Å². The van der Waals surface area contributed by atoms with Gasteiger partial charge < -0.3 is 19.8 Å². The number of thiazole rings is 1. The number of aromatic nitrogens is 2. The molecule has 1 unspecified atom stereocenters. The lowest BCUT2D eigenvalue weighted by atomic mass is 9.94. The van der Waals surface area contributed by atoms with Crippen LogP contribution in [0.4, 0.5) is 0 Å². The summed E-state index contributed by atoms with van der Waals surface area (Å²) in [5.74, 6) is -1.70. The van der Waals surface area contributed by atoms with Crippen LogP contribution in [0.25, 0.3) is 0 Å². The zero-order valence-corrected chi connectivity index (χ0v) is 20.4. The molecule has 2 aromatic heterocycles. The first-order valence-corrected chi connectivity index (χ1v) is 11.5. The summed E-state index contributed by atoms with van der Waals surface area (Å²) in [7, 11) is 1.40. The van der Waals surface area contributed by atoms with Crippen molar-refractivity contribution in [3.8, 4) is 11.5 Å². The molecule has 1 aliphatic rings. The monoisotopic (exact) mass is 529 g/mol. The summed E-state index contributed by atoms with van der Waals surface area (Å²) in [5.41, 5.74) is 1.70. The lowest BCUT2D eigenvalue weighted by molar-refractivity contribution is -0.130. The fraction of sp³-hybridized carbons (Fsp3) is 0.217. The van der Waals surface area contributed by atoms with E-state index in [-0.39, 0.29) is 23.6 Å². The van der Waals surface area contributed by atoms with E-state index in [1.807, 2.05) is 0 Å². The number of aliphatic hydroxyl groups is 1. The van der Waals surface area contributed by atoms with Crippen molar-refractivity contribution in [2.45, 2.75) is 26.4 Å². The first-order valence-electron chi connectivity index (χ1n) is 9.91. The molecule has 0 aliphatic carbocycles. The Labute approximate surface area is 202 Å². The highest BCUT2D eigenvalue weighted by atomic mass is 79.9. The predicted molar refractivity (Wildman–Crippen MR) is 125 cm³/mol. The number of phenols is 1. The standard InChI is InChI=1S/C23H20BrN3O5S/c1-11-22(33-12(2)26-11)20(29)17-18(14-7-15(24)19(28)16(8-14)32-3)27(23(31)21(17)30)10-13-5-4-6-25-9-13/h4-9,18,28,30H,10H2,1-3H3. The Morgan fingerprint density at radius 3 is 2.67 bits per heavy atom. The van der Waals surface area contributed by atoms with Gasteiger partial charge in [0.05, 0.1) is 38.8 Å². The van der Waals surface area contributed by atoms with Crippen LogP contribution in [0.1, 0.15) is 37.5 Å². The Balaban J connectivity index is 1.88. The van der Waals surface area contributed by atoms with Crippen LogP contribution in [0.15, 0.2) is 52.5 Å². The molecule has 1 aromatic carbocycles. The summed E-state index contributed by atoms with van der Waals surface area (Å²) in [4.78, 5) is 36.9. The van der Waals surface area contributed by atoms with E-state index in [1.54, 1.807) is 50.5 Å². The minimum Gasteiger partial charge on any atom is -0.503 e. The van der Waals surface area contributed by atoms with Gasteiger partial charge in [-0.25, -0.2) is 4.98 Å². The number of aryl methyl sites for hydroxylation is 2. The highest BCUT2D eigenvalue weighted by molar-refractivity contribution is 9.10. The van der Waals surface area contributed by atoms with Gasteiger partial charge in [-0.1, -0.05) is 6.07 Å². The van der Waals surface area contributed by atoms with Gasteiger partial charge in [0.25, 0.3) is 5.91 Å². The molecule has 170 valence electrons. The van der Waals surface area contributed by atoms with Crippen molar-refractivity contribution in [3.05, 3.63) is 79.2 Å². The van der Waals surface area contributed by atoms with Crippen molar-refractivity contribution in [2.75, 3.05) is 7.11 Å². The van der Waals surface area contributed by atoms with Crippen LogP contribution in [-0.4, -0.2) is 43.9 Å². The summed E-state index contributed by atoms with van der Waals surface area (Å²) < 4.78 is 5.60. The second-order valence-electron chi connectivity index (χ2n) is 7.49. The Hall–Kier alpha value is -3.24. The molecule has 4 rings (SSSR count). The van der Waals surface area contributed by atoms with Crippen molar-refractivity contribution in [1.29, 1.82) is 0 Å². The second kappa shape index (κ2) is 8.95. The van der Waals surface area contributed by atoms with Crippen molar-refractivity contribution >= 4 is 39.0 Å². The zero-order valence-electron chi connectivity index (χ0n) is 18.0. The molecule has 0 spiro atoms. The second-order valence-corrected chi connectivity index (χ2v) is 9.55. The Morgan fingerprint density at radius 1 is 1.30 bits per heavy atom. The van der Waals surface area contributed by atoms with E-state index < -0.39 is 23.5 Å². The minimum absolute atomic E-state index is 0.0460. The van der Waals surface area contributed by atoms with E-state index in [4.69, 9.17) is 4.74 Å². The maximum absolute atomic E-state index is 13.6. The molecule has 8 nitrogen and oxygen atoms in total. The number of ether oxygens (including phenoxy) is 1. The number of nitrogens with zero attached hydrogens (tertiary/aromatic N) is 3. The van der Waals surface area contributed by atoms with Crippen LogP contribution in [-0.2, 0) is 11.3 Å². The van der Waals surface area contributed by atoms with E-state index in [2.05, 4.69) is 25.9 Å². The highest BCUT2D eigenvalue weighted by Gasteiger charge is 2.45. The summed E-state index contributed by atoms with van der Waals surface area (Å²) in [6.45, 7) is 3.62. The summed E-state index contributed by atoms with van der Waals surface area (Å²) in [6, 6.07) is 5.78. The van der Waals surface area contributed by atoms with Gasteiger partial charge >= 0.3 is 0 Å². The molecule has 1 aliphatic heterocycles. The third-order valence-electron chi connectivity index (χ3n) is 5.32. The van der Waals surface area contributed by atoms with Crippen LogP contribution >= 0.6 is 27.3 Å². The Morgan fingerprint density at radius 2 is 2.06 bits per heavy atom. The molecule has 0 saturated carbocycles. The number of phenolic OH excluding ortho intramolecular Hbond substituents is 1. The van der Waals surface area contributed by atoms with Crippen LogP contribution in [0, 0.1) is 13.8 Å². The Bertz CT molecular complexity index is 1290. The SMILES string of the molecule is COc1cc(C2C(C(=O)c3sc(C)nc3C)=C(O)C(=O)N2Cc2cccnc2)cc(Br)c1O. The molecule has 1 amide bonds. The fourth-order valence-corrected chi connectivity index (χ4v) is 5.19. The van der Waals surface area contributed by atoms with Gasteiger partial charge in [0.15, 0.2) is 17.3 Å². The molecule has 2 N–H and O–H groups in total. The van der Waals surface area contributed by atoms with Gasteiger partial charge in [0, 0.05) is 18.9 Å². The molecular weight excluding hydrogens is 510 g/mol. The Kier molecular flexibility index (Phi) is 6.22. The number of carbonyl (C=O) groups is 2. The van der Waals surface area contributed by atoms with Crippen molar-refractivity contribution < 1.29 is 24.5 Å². The number of Topliss-reactive ketones (excluding diaryl/α,β-unsaturated/α-hetero) is 1. The van der Waals surface area contributed by atoms with Crippen molar-refractivity contribution in [2.24, 2.45) is 0 Å². The predicted octanol–water partition coefficient (Wildman–Crippen LogP) is 4.41. The quantitative estimate of drug-likeness (QED) is 0.454. The number of ketones is 1. The molecule has 0 saturated heterocycles. The number of amides is 1. The molecule has 1 atom stereocenters. The van der Waals surface area contributed by atoms with Crippen molar-refractivity contribution in [3.63, 3.8) is 0 Å². The van der Waals surface area contributed by atoms with E-state index in [9.17, 15) is 19.8 Å². The summed E-state index contributed by atoms with van der Waals surface area (Å²) in [6.07, 6.45) is 3.24. The number of rotatable bonds is 6. The lowest BCUT2D eigenvalue weighted by Gasteiger charge is -2.27. The number of hydrogen-bond donors (Lipinski definition) is 2. The van der Waals surface area contributed by atoms with Crippen LogP contribution in [0.5, 0.6) is 11.5 Å². The molecule has 3 aromatic rings. The summed E-state index contributed by atoms with van der Waals surface area (Å²) >= 11 is 4.51. The molecule has 33 heavy (non-hydrogen) atoms. The third-order valence-corrected chi connectivity index (χ3v) is 7.00. The molecular formula is C23H20BrN3O5S. The first-order chi connectivity index (χ1) is 15.7. The number of carbonyl (C=O) groups excluding carboxylic acids is 2. The molecule has 0 bridgehead atoms. The smallest absolute Gasteiger partial charge is 0.290 e. The minimum atomic E-state index is -0.919. The highest BCUT2D eigenvalue weighted by Crippen LogP contribution is 2.45. The summed E-state index contributed by atoms with van der Waals surface area (Å²) in [5, 5.41) is 21.8. The number of aliphatic hydroxyl groups excluding tert-OH is 1. The molecule has 3 heterocycles. The number of pyridine rings is 1. The normalized spacial score (nSPS) is 15.9. The van der Waals surface area contributed by atoms with Crippen LogP contribution < -0.4 is 4.74 Å². The molecule has 0 radical (unpaired) electrons. The fourth-order valence-electron chi connectivity index (χ4n) is 3.86. The number of halogens is 1. The molecule has 0 fully saturated rings. The third kappa shape index (κ3) is 4.11. The van der Waals surface area contributed by atoms with Gasteiger partial charge in [0.2, 0.25) is 5.78 Å². The van der Waals surface area contributed by atoms with E-state index in [0.29, 0.717) is 25.6 Å². The topological polar surface area (TPSA) is 113 Å². The average Bonchev–Trinajstić information content (AvgIpc) is 3.26.